The molecule has 2 aromatic carbocycles. The molecule has 0 aliphatic heterocycles. The van der Waals surface area contributed by atoms with E-state index in [0.29, 0.717) is 23.1 Å². The zero-order valence-corrected chi connectivity index (χ0v) is 14.4. The maximum atomic E-state index is 5.57. The summed E-state index contributed by atoms with van der Waals surface area (Å²) in [6, 6.07) is 11.3. The molecule has 2 aromatic heterocycles. The summed E-state index contributed by atoms with van der Waals surface area (Å²) in [5.74, 6) is 2.60. The number of fused-ring (bicyclic) bond motifs is 1. The third-order valence-corrected chi connectivity index (χ3v) is 4.14. The summed E-state index contributed by atoms with van der Waals surface area (Å²) in [6.45, 7) is 0. The van der Waals surface area contributed by atoms with Crippen LogP contribution in [0.1, 0.15) is 0 Å². The van der Waals surface area contributed by atoms with Gasteiger partial charge in [-0.3, -0.25) is 0 Å². The molecule has 0 aliphatic rings. The quantitative estimate of drug-likeness (QED) is 0.561. The van der Waals surface area contributed by atoms with Crippen LogP contribution in [0, 0.1) is 0 Å². The van der Waals surface area contributed by atoms with Gasteiger partial charge < -0.3 is 9.47 Å². The van der Waals surface area contributed by atoms with Crippen LogP contribution in [0.3, 0.4) is 0 Å². The Bertz CT molecular complexity index is 967. The van der Waals surface area contributed by atoms with Gasteiger partial charge in [0.05, 0.1) is 25.3 Å². The Hall–Kier alpha value is -3.54. The number of nitrogens with zero attached hydrogens (tertiary/aromatic N) is 4. The Morgan fingerprint density at radius 2 is 0.962 bits per heavy atom. The van der Waals surface area contributed by atoms with Crippen LogP contribution in [-0.4, -0.2) is 34.2 Å². The van der Waals surface area contributed by atoms with E-state index in [-0.39, 0.29) is 0 Å². The Kier molecular flexibility index (Phi) is 4.15. The molecule has 0 atom stereocenters. The number of aromatic nitrogens is 4. The van der Waals surface area contributed by atoms with E-state index in [1.54, 1.807) is 51.1 Å². The maximum Gasteiger partial charge on any atom is 0.163 e. The number of hydrogen-bond donors (Lipinski definition) is 0. The predicted octanol–water partition coefficient (Wildman–Crippen LogP) is 3.77. The van der Waals surface area contributed by atoms with E-state index in [1.807, 2.05) is 24.3 Å². The van der Waals surface area contributed by atoms with Crippen molar-refractivity contribution in [3.8, 4) is 34.3 Å². The van der Waals surface area contributed by atoms with Crippen LogP contribution in [0.15, 0.2) is 61.2 Å². The highest BCUT2D eigenvalue weighted by Gasteiger charge is 2.19. The molecule has 0 amide bonds. The van der Waals surface area contributed by atoms with Gasteiger partial charge in [0, 0.05) is 24.8 Å². The van der Waals surface area contributed by atoms with Gasteiger partial charge in [-0.25, -0.2) is 19.9 Å². The first-order valence-electron chi connectivity index (χ1n) is 8.06. The van der Waals surface area contributed by atoms with Crippen LogP contribution in [0.5, 0.6) is 11.5 Å². The second kappa shape index (κ2) is 6.76. The van der Waals surface area contributed by atoms with E-state index >= 15 is 0 Å². The average molecular weight is 344 g/mol. The number of ether oxygens (including phenoxy) is 2. The van der Waals surface area contributed by atoms with Crippen molar-refractivity contribution in [2.24, 2.45) is 0 Å². The molecule has 0 unspecified atom stereocenters. The van der Waals surface area contributed by atoms with Crippen molar-refractivity contribution in [1.29, 1.82) is 0 Å². The molecule has 0 saturated carbocycles. The second-order valence-corrected chi connectivity index (χ2v) is 5.53. The maximum absolute atomic E-state index is 5.57. The lowest BCUT2D eigenvalue weighted by Gasteiger charge is -2.15. The summed E-state index contributed by atoms with van der Waals surface area (Å²) < 4.78 is 11.1. The van der Waals surface area contributed by atoms with Crippen LogP contribution in [0.4, 0.5) is 0 Å². The molecule has 26 heavy (non-hydrogen) atoms. The van der Waals surface area contributed by atoms with E-state index in [1.165, 1.54) is 0 Å². The molecule has 0 bridgehead atoms. The zero-order valence-electron chi connectivity index (χ0n) is 14.4. The van der Waals surface area contributed by atoms with E-state index in [2.05, 4.69) is 19.9 Å². The standard InChI is InChI=1S/C20H16N4O2/c1-25-15-7-5-14-13(17(15)19-21-9-3-10-22-19)6-8-16(26-2)18(14)20-23-11-4-12-24-20/h3-12H,1-2H3. The van der Waals surface area contributed by atoms with Gasteiger partial charge in [-0.15, -0.1) is 0 Å². The van der Waals surface area contributed by atoms with Crippen LogP contribution in [0.2, 0.25) is 0 Å². The first-order chi connectivity index (χ1) is 12.8. The minimum atomic E-state index is 0.597. The van der Waals surface area contributed by atoms with Crippen LogP contribution in [-0.2, 0) is 0 Å². The van der Waals surface area contributed by atoms with Crippen molar-refractivity contribution < 1.29 is 9.47 Å². The molecule has 0 N–H and O–H groups in total. The first kappa shape index (κ1) is 16.0. The van der Waals surface area contributed by atoms with Crippen molar-refractivity contribution in [3.05, 3.63) is 61.2 Å². The highest BCUT2D eigenvalue weighted by molar-refractivity contribution is 6.06. The van der Waals surface area contributed by atoms with Gasteiger partial charge in [-0.1, -0.05) is 0 Å². The monoisotopic (exact) mass is 344 g/mol. The van der Waals surface area contributed by atoms with Crippen LogP contribution >= 0.6 is 0 Å². The number of hydrogen-bond acceptors (Lipinski definition) is 6. The molecule has 4 rings (SSSR count). The highest BCUT2D eigenvalue weighted by Crippen LogP contribution is 2.42. The van der Waals surface area contributed by atoms with E-state index < -0.39 is 0 Å². The molecular weight excluding hydrogens is 328 g/mol. The lowest BCUT2D eigenvalue weighted by molar-refractivity contribution is 0.415. The molecule has 0 fully saturated rings. The summed E-state index contributed by atoms with van der Waals surface area (Å²) in [6.07, 6.45) is 6.85. The Morgan fingerprint density at radius 3 is 1.31 bits per heavy atom. The lowest BCUT2D eigenvalue weighted by atomic mass is 9.97. The lowest BCUT2D eigenvalue weighted by Crippen LogP contribution is -1.97. The third-order valence-electron chi connectivity index (χ3n) is 4.14. The number of rotatable bonds is 4. The molecule has 128 valence electrons. The van der Waals surface area contributed by atoms with E-state index in [0.717, 1.165) is 21.9 Å². The number of methoxy groups -OCH3 is 2. The molecular formula is C20H16N4O2. The van der Waals surface area contributed by atoms with E-state index in [4.69, 9.17) is 9.47 Å². The Balaban J connectivity index is 2.10. The van der Waals surface area contributed by atoms with Gasteiger partial charge >= 0.3 is 0 Å². The molecule has 0 saturated heterocycles. The molecule has 4 aromatic rings. The minimum Gasteiger partial charge on any atom is -0.496 e. The van der Waals surface area contributed by atoms with Gasteiger partial charge in [0.15, 0.2) is 11.6 Å². The van der Waals surface area contributed by atoms with Crippen molar-refractivity contribution in [2.75, 3.05) is 14.2 Å². The fourth-order valence-electron chi connectivity index (χ4n) is 3.02. The molecule has 0 aliphatic carbocycles. The minimum absolute atomic E-state index is 0.597. The summed E-state index contributed by atoms with van der Waals surface area (Å²) in [5.41, 5.74) is 1.65. The van der Waals surface area contributed by atoms with Crippen LogP contribution < -0.4 is 9.47 Å². The summed E-state index contributed by atoms with van der Waals surface area (Å²) in [7, 11) is 3.27. The molecule has 0 spiro atoms. The first-order valence-corrected chi connectivity index (χ1v) is 8.06. The SMILES string of the molecule is COc1ccc2c(-c3ncccn3)c(OC)ccc2c1-c1ncccn1. The van der Waals surface area contributed by atoms with Crippen molar-refractivity contribution in [2.45, 2.75) is 0 Å². The molecule has 6 nitrogen and oxygen atoms in total. The van der Waals surface area contributed by atoms with Gasteiger partial charge in [-0.05, 0) is 47.2 Å². The third kappa shape index (κ3) is 2.61. The summed E-state index contributed by atoms with van der Waals surface area (Å²) >= 11 is 0. The topological polar surface area (TPSA) is 70.0 Å². The fourth-order valence-corrected chi connectivity index (χ4v) is 3.02. The predicted molar refractivity (Wildman–Crippen MR) is 99.1 cm³/mol. The van der Waals surface area contributed by atoms with Crippen LogP contribution in [0.25, 0.3) is 33.5 Å². The molecule has 0 radical (unpaired) electrons. The highest BCUT2D eigenvalue weighted by atomic mass is 16.5. The van der Waals surface area contributed by atoms with Crippen molar-refractivity contribution >= 4 is 10.8 Å². The van der Waals surface area contributed by atoms with Crippen molar-refractivity contribution in [1.82, 2.24) is 19.9 Å². The fraction of sp³-hybridized carbons (Fsp3) is 0.100. The van der Waals surface area contributed by atoms with Gasteiger partial charge in [0.1, 0.15) is 11.5 Å². The smallest absolute Gasteiger partial charge is 0.163 e. The normalized spacial score (nSPS) is 10.7. The van der Waals surface area contributed by atoms with Crippen molar-refractivity contribution in [3.63, 3.8) is 0 Å². The summed E-state index contributed by atoms with van der Waals surface area (Å²) in [5, 5.41) is 1.89. The largest absolute Gasteiger partial charge is 0.496 e. The van der Waals surface area contributed by atoms with E-state index in [9.17, 15) is 0 Å². The molecule has 2 heterocycles. The molecule has 6 heteroatoms. The van der Waals surface area contributed by atoms with Gasteiger partial charge in [0.25, 0.3) is 0 Å². The number of benzene rings is 2. The average Bonchev–Trinajstić information content (AvgIpc) is 2.73. The Morgan fingerprint density at radius 1 is 0.577 bits per heavy atom. The second-order valence-electron chi connectivity index (χ2n) is 5.53. The zero-order chi connectivity index (χ0) is 17.9. The summed E-state index contributed by atoms with van der Waals surface area (Å²) in [4.78, 5) is 17.6. The Labute approximate surface area is 150 Å². The van der Waals surface area contributed by atoms with Gasteiger partial charge in [-0.2, -0.15) is 0 Å². The van der Waals surface area contributed by atoms with Gasteiger partial charge in [0.2, 0.25) is 0 Å².